The Morgan fingerprint density at radius 3 is 2.36 bits per heavy atom. The highest BCUT2D eigenvalue weighted by Crippen LogP contribution is 2.19. The van der Waals surface area contributed by atoms with E-state index >= 15 is 0 Å². The normalized spacial score (nSPS) is 10.3. The van der Waals surface area contributed by atoms with Crippen molar-refractivity contribution in [1.82, 2.24) is 19.9 Å². The zero-order chi connectivity index (χ0) is 19.2. The number of nitrogens with one attached hydrogen (secondary N) is 2. The molecule has 1 aromatic carbocycles. The van der Waals surface area contributed by atoms with Gasteiger partial charge in [0.2, 0.25) is 5.95 Å². The molecule has 0 spiro atoms. The number of hydrogen-bond donors (Lipinski definition) is 2. The SMILES string of the molecule is O=C(Nc1ccc(Nc2nccc(-c3ccccn3)n2)cc1)c1cccnc1. The molecule has 28 heavy (non-hydrogen) atoms. The summed E-state index contributed by atoms with van der Waals surface area (Å²) in [6.07, 6.45) is 6.56. The van der Waals surface area contributed by atoms with Crippen molar-refractivity contribution in [2.75, 3.05) is 10.6 Å². The van der Waals surface area contributed by atoms with Crippen molar-refractivity contribution in [3.8, 4) is 11.4 Å². The van der Waals surface area contributed by atoms with E-state index in [9.17, 15) is 4.79 Å². The third kappa shape index (κ3) is 4.16. The van der Waals surface area contributed by atoms with E-state index < -0.39 is 0 Å². The third-order valence-electron chi connectivity index (χ3n) is 3.91. The molecule has 0 radical (unpaired) electrons. The van der Waals surface area contributed by atoms with Crippen molar-refractivity contribution in [1.29, 1.82) is 0 Å². The predicted octanol–water partition coefficient (Wildman–Crippen LogP) is 3.93. The van der Waals surface area contributed by atoms with Gasteiger partial charge in [-0.1, -0.05) is 6.07 Å². The van der Waals surface area contributed by atoms with Gasteiger partial charge in [0.25, 0.3) is 5.91 Å². The Kier molecular flexibility index (Phi) is 4.97. The highest BCUT2D eigenvalue weighted by molar-refractivity contribution is 6.04. The van der Waals surface area contributed by atoms with Crippen molar-refractivity contribution in [2.24, 2.45) is 0 Å². The van der Waals surface area contributed by atoms with Gasteiger partial charge in [-0.3, -0.25) is 14.8 Å². The standard InChI is InChI=1S/C21H16N6O/c28-20(15-4-3-11-22-14-15)25-16-6-8-17(9-7-16)26-21-24-13-10-19(27-21)18-5-1-2-12-23-18/h1-14H,(H,25,28)(H,24,26,27). The minimum absolute atomic E-state index is 0.208. The van der Waals surface area contributed by atoms with E-state index in [1.165, 1.54) is 6.20 Å². The fourth-order valence-electron chi connectivity index (χ4n) is 2.54. The molecule has 136 valence electrons. The number of carbonyl (C=O) groups is 1. The molecule has 4 aromatic rings. The number of benzene rings is 1. The molecule has 0 aliphatic heterocycles. The van der Waals surface area contributed by atoms with Crippen LogP contribution in [0.5, 0.6) is 0 Å². The first-order chi connectivity index (χ1) is 13.8. The quantitative estimate of drug-likeness (QED) is 0.554. The first-order valence-corrected chi connectivity index (χ1v) is 8.61. The summed E-state index contributed by atoms with van der Waals surface area (Å²) in [5, 5.41) is 5.99. The molecule has 0 atom stereocenters. The molecule has 2 N–H and O–H groups in total. The summed E-state index contributed by atoms with van der Waals surface area (Å²) in [6, 6.07) is 18.2. The van der Waals surface area contributed by atoms with E-state index in [1.807, 2.05) is 36.4 Å². The predicted molar refractivity (Wildman–Crippen MR) is 107 cm³/mol. The van der Waals surface area contributed by atoms with Gasteiger partial charge in [0.15, 0.2) is 0 Å². The van der Waals surface area contributed by atoms with Crippen LogP contribution in [0.2, 0.25) is 0 Å². The van der Waals surface area contributed by atoms with Crippen LogP contribution in [0.3, 0.4) is 0 Å². The maximum absolute atomic E-state index is 12.2. The van der Waals surface area contributed by atoms with Crippen molar-refractivity contribution >= 4 is 23.2 Å². The highest BCUT2D eigenvalue weighted by atomic mass is 16.1. The fourth-order valence-corrected chi connectivity index (χ4v) is 2.54. The van der Waals surface area contributed by atoms with Gasteiger partial charge in [-0.25, -0.2) is 9.97 Å². The maximum Gasteiger partial charge on any atom is 0.257 e. The Morgan fingerprint density at radius 2 is 1.61 bits per heavy atom. The zero-order valence-corrected chi connectivity index (χ0v) is 14.8. The van der Waals surface area contributed by atoms with Gasteiger partial charge in [0, 0.05) is 36.2 Å². The average Bonchev–Trinajstić information content (AvgIpc) is 2.76. The summed E-state index contributed by atoms with van der Waals surface area (Å²) in [6.45, 7) is 0. The van der Waals surface area contributed by atoms with Crippen molar-refractivity contribution in [3.05, 3.63) is 91.0 Å². The lowest BCUT2D eigenvalue weighted by Gasteiger charge is -2.08. The topological polar surface area (TPSA) is 92.7 Å². The van der Waals surface area contributed by atoms with Crippen LogP contribution in [0.4, 0.5) is 17.3 Å². The molecule has 3 aromatic heterocycles. The van der Waals surface area contributed by atoms with Gasteiger partial charge in [-0.15, -0.1) is 0 Å². The molecule has 0 aliphatic rings. The Morgan fingerprint density at radius 1 is 0.750 bits per heavy atom. The minimum atomic E-state index is -0.208. The number of rotatable bonds is 5. The Balaban J connectivity index is 1.44. The number of amides is 1. The minimum Gasteiger partial charge on any atom is -0.324 e. The highest BCUT2D eigenvalue weighted by Gasteiger charge is 2.06. The van der Waals surface area contributed by atoms with Crippen LogP contribution in [0.25, 0.3) is 11.4 Å². The molecule has 1 amide bonds. The number of pyridine rings is 2. The molecule has 0 aliphatic carbocycles. The van der Waals surface area contributed by atoms with E-state index in [1.54, 1.807) is 42.9 Å². The van der Waals surface area contributed by atoms with E-state index in [-0.39, 0.29) is 5.91 Å². The van der Waals surface area contributed by atoms with Crippen LogP contribution >= 0.6 is 0 Å². The maximum atomic E-state index is 12.2. The Hall–Kier alpha value is -4.13. The molecule has 7 heteroatoms. The lowest BCUT2D eigenvalue weighted by Crippen LogP contribution is -2.11. The van der Waals surface area contributed by atoms with Crippen molar-refractivity contribution in [2.45, 2.75) is 0 Å². The zero-order valence-electron chi connectivity index (χ0n) is 14.8. The second-order valence-corrected chi connectivity index (χ2v) is 5.88. The fraction of sp³-hybridized carbons (Fsp3) is 0. The number of aromatic nitrogens is 4. The first-order valence-electron chi connectivity index (χ1n) is 8.61. The Labute approximate surface area is 161 Å². The average molecular weight is 368 g/mol. The lowest BCUT2D eigenvalue weighted by atomic mass is 10.2. The van der Waals surface area contributed by atoms with Crippen LogP contribution in [0.1, 0.15) is 10.4 Å². The summed E-state index contributed by atoms with van der Waals surface area (Å²) < 4.78 is 0. The smallest absolute Gasteiger partial charge is 0.257 e. The second-order valence-electron chi connectivity index (χ2n) is 5.88. The number of carbonyl (C=O) groups excluding carboxylic acids is 1. The van der Waals surface area contributed by atoms with Crippen molar-refractivity contribution < 1.29 is 4.79 Å². The van der Waals surface area contributed by atoms with Crippen LogP contribution in [0.15, 0.2) is 85.5 Å². The molecule has 3 heterocycles. The van der Waals surface area contributed by atoms with Crippen molar-refractivity contribution in [3.63, 3.8) is 0 Å². The van der Waals surface area contributed by atoms with Crippen LogP contribution in [-0.2, 0) is 0 Å². The number of anilines is 3. The van der Waals surface area contributed by atoms with Gasteiger partial charge in [-0.2, -0.15) is 0 Å². The molecule has 4 rings (SSSR count). The molecular weight excluding hydrogens is 352 g/mol. The molecule has 0 saturated heterocycles. The van der Waals surface area contributed by atoms with Gasteiger partial charge in [-0.05, 0) is 54.6 Å². The molecular formula is C21H16N6O. The number of nitrogens with zero attached hydrogens (tertiary/aromatic N) is 4. The molecule has 7 nitrogen and oxygen atoms in total. The summed E-state index contributed by atoms with van der Waals surface area (Å²) in [5.74, 6) is 0.260. The third-order valence-corrected chi connectivity index (χ3v) is 3.91. The van der Waals surface area contributed by atoms with E-state index in [0.717, 1.165) is 17.1 Å². The summed E-state index contributed by atoms with van der Waals surface area (Å²) in [5.41, 5.74) is 3.50. The van der Waals surface area contributed by atoms with Crippen LogP contribution < -0.4 is 10.6 Å². The molecule has 0 bridgehead atoms. The molecule has 0 fully saturated rings. The van der Waals surface area contributed by atoms with Gasteiger partial charge in [0.05, 0.1) is 17.0 Å². The lowest BCUT2D eigenvalue weighted by molar-refractivity contribution is 0.102. The second kappa shape index (κ2) is 8.05. The summed E-state index contributed by atoms with van der Waals surface area (Å²) in [4.78, 5) is 29.1. The van der Waals surface area contributed by atoms with E-state index in [2.05, 4.69) is 30.6 Å². The molecule has 0 unspecified atom stereocenters. The van der Waals surface area contributed by atoms with E-state index in [0.29, 0.717) is 17.2 Å². The van der Waals surface area contributed by atoms with E-state index in [4.69, 9.17) is 0 Å². The monoisotopic (exact) mass is 368 g/mol. The van der Waals surface area contributed by atoms with Crippen LogP contribution in [-0.4, -0.2) is 25.8 Å². The van der Waals surface area contributed by atoms with Crippen LogP contribution in [0, 0.1) is 0 Å². The van der Waals surface area contributed by atoms with Gasteiger partial charge >= 0.3 is 0 Å². The molecule has 0 saturated carbocycles. The summed E-state index contributed by atoms with van der Waals surface area (Å²) in [7, 11) is 0. The summed E-state index contributed by atoms with van der Waals surface area (Å²) >= 11 is 0. The number of hydrogen-bond acceptors (Lipinski definition) is 6. The van der Waals surface area contributed by atoms with Gasteiger partial charge in [0.1, 0.15) is 0 Å². The largest absolute Gasteiger partial charge is 0.324 e. The Bertz CT molecular complexity index is 1070. The van der Waals surface area contributed by atoms with Gasteiger partial charge < -0.3 is 10.6 Å². The first kappa shape index (κ1) is 17.3.